The fourth-order valence-corrected chi connectivity index (χ4v) is 1.95. The first kappa shape index (κ1) is 13.1. The zero-order chi connectivity index (χ0) is 13.1. The van der Waals surface area contributed by atoms with Crippen molar-refractivity contribution in [1.82, 2.24) is 0 Å². The van der Waals surface area contributed by atoms with Crippen LogP contribution in [0.5, 0.6) is 0 Å². The highest BCUT2D eigenvalue weighted by Crippen LogP contribution is 2.18. The van der Waals surface area contributed by atoms with Gasteiger partial charge in [-0.1, -0.05) is 41.4 Å². The summed E-state index contributed by atoms with van der Waals surface area (Å²) in [6.45, 7) is 0. The predicted molar refractivity (Wildman–Crippen MR) is 70.9 cm³/mol. The molecule has 0 aromatic heterocycles. The number of hydrogen-bond donors (Lipinski definition) is 0. The van der Waals surface area contributed by atoms with Gasteiger partial charge in [-0.05, 0) is 29.8 Å². The van der Waals surface area contributed by atoms with Gasteiger partial charge in [0.1, 0.15) is 5.82 Å². The lowest BCUT2D eigenvalue weighted by Gasteiger charge is -2.04. The normalized spacial score (nSPS) is 10.4. The first-order valence-corrected chi connectivity index (χ1v) is 6.04. The van der Waals surface area contributed by atoms with Gasteiger partial charge < -0.3 is 0 Å². The predicted octanol–water partition coefficient (Wildman–Crippen LogP) is 4.56. The topological polar surface area (TPSA) is 17.1 Å². The third-order valence-electron chi connectivity index (χ3n) is 2.51. The minimum atomic E-state index is -0.474. The lowest BCUT2D eigenvalue weighted by atomic mass is 10.0. The molecule has 0 aliphatic heterocycles. The van der Waals surface area contributed by atoms with E-state index in [2.05, 4.69) is 0 Å². The molecule has 0 aliphatic rings. The van der Waals surface area contributed by atoms with Gasteiger partial charge in [-0.15, -0.1) is 0 Å². The van der Waals surface area contributed by atoms with E-state index in [9.17, 15) is 9.18 Å². The molecule has 4 heteroatoms. The Labute approximate surface area is 114 Å². The van der Waals surface area contributed by atoms with Crippen LogP contribution in [0.2, 0.25) is 10.0 Å². The molecule has 92 valence electrons. The molecule has 0 amide bonds. The highest BCUT2D eigenvalue weighted by Gasteiger charge is 2.11. The smallest absolute Gasteiger partial charge is 0.167 e. The van der Waals surface area contributed by atoms with Crippen molar-refractivity contribution in [1.29, 1.82) is 0 Å². The van der Waals surface area contributed by atoms with Gasteiger partial charge in [0.2, 0.25) is 0 Å². The molecule has 2 rings (SSSR count). The minimum absolute atomic E-state index is 0.0106. The van der Waals surface area contributed by atoms with E-state index in [-0.39, 0.29) is 12.2 Å². The largest absolute Gasteiger partial charge is 0.294 e. The maximum Gasteiger partial charge on any atom is 0.167 e. The van der Waals surface area contributed by atoms with Crippen molar-refractivity contribution in [3.63, 3.8) is 0 Å². The fraction of sp³-hybridized carbons (Fsp3) is 0.0714. The highest BCUT2D eigenvalue weighted by atomic mass is 35.5. The molecule has 2 aromatic carbocycles. The Hall–Kier alpha value is -1.38. The third kappa shape index (κ3) is 3.09. The Morgan fingerprint density at radius 3 is 2.44 bits per heavy atom. The fourth-order valence-electron chi connectivity index (χ4n) is 1.60. The molecule has 0 unspecified atom stereocenters. The monoisotopic (exact) mass is 282 g/mol. The average molecular weight is 283 g/mol. The van der Waals surface area contributed by atoms with Crippen LogP contribution in [0, 0.1) is 5.82 Å². The van der Waals surface area contributed by atoms with E-state index in [0.717, 1.165) is 0 Å². The molecule has 2 aromatic rings. The lowest BCUT2D eigenvalue weighted by Crippen LogP contribution is -2.05. The molecule has 0 spiro atoms. The lowest BCUT2D eigenvalue weighted by molar-refractivity contribution is 0.0992. The Balaban J connectivity index is 2.21. The van der Waals surface area contributed by atoms with Crippen LogP contribution in [0.25, 0.3) is 0 Å². The summed E-state index contributed by atoms with van der Waals surface area (Å²) >= 11 is 11.4. The first-order valence-electron chi connectivity index (χ1n) is 5.29. The standard InChI is InChI=1S/C14H9Cl2FO/c15-11-3-1-2-10(6-11)14(18)7-9-4-5-12(16)8-13(9)17/h1-6,8H,7H2. The Morgan fingerprint density at radius 2 is 1.78 bits per heavy atom. The zero-order valence-corrected chi connectivity index (χ0v) is 10.8. The van der Waals surface area contributed by atoms with Crippen molar-refractivity contribution in [2.75, 3.05) is 0 Å². The van der Waals surface area contributed by atoms with Crippen molar-refractivity contribution in [2.45, 2.75) is 6.42 Å². The molecule has 0 fully saturated rings. The molecular weight excluding hydrogens is 274 g/mol. The summed E-state index contributed by atoms with van der Waals surface area (Å²) in [5.41, 5.74) is 0.793. The third-order valence-corrected chi connectivity index (χ3v) is 2.98. The average Bonchev–Trinajstić information content (AvgIpc) is 2.32. The number of rotatable bonds is 3. The minimum Gasteiger partial charge on any atom is -0.294 e. The van der Waals surface area contributed by atoms with Gasteiger partial charge in [0.25, 0.3) is 0 Å². The maximum atomic E-state index is 13.5. The molecule has 0 saturated carbocycles. The summed E-state index contributed by atoms with van der Waals surface area (Å²) in [6.07, 6.45) is -0.0106. The van der Waals surface area contributed by atoms with Gasteiger partial charge in [0.05, 0.1) is 0 Å². The van der Waals surface area contributed by atoms with Gasteiger partial charge in [-0.2, -0.15) is 0 Å². The summed E-state index contributed by atoms with van der Waals surface area (Å²) in [5.74, 6) is -0.656. The van der Waals surface area contributed by atoms with E-state index in [1.54, 1.807) is 30.3 Å². The second-order valence-corrected chi connectivity index (χ2v) is 4.72. The zero-order valence-electron chi connectivity index (χ0n) is 9.29. The van der Waals surface area contributed by atoms with Crippen LogP contribution in [0.4, 0.5) is 4.39 Å². The van der Waals surface area contributed by atoms with E-state index in [1.165, 1.54) is 12.1 Å². The van der Waals surface area contributed by atoms with Gasteiger partial charge in [-0.3, -0.25) is 4.79 Å². The second-order valence-electron chi connectivity index (χ2n) is 3.85. The van der Waals surface area contributed by atoms with Gasteiger partial charge in [0, 0.05) is 22.0 Å². The molecule has 1 nitrogen and oxygen atoms in total. The summed E-state index contributed by atoms with van der Waals surface area (Å²) < 4.78 is 13.5. The number of carbonyl (C=O) groups is 1. The Kier molecular flexibility index (Phi) is 4.00. The molecule has 0 aliphatic carbocycles. The molecule has 0 N–H and O–H groups in total. The summed E-state index contributed by atoms with van der Waals surface area (Å²) in [7, 11) is 0. The first-order chi connectivity index (χ1) is 8.56. The molecule has 0 saturated heterocycles. The molecule has 0 atom stereocenters. The van der Waals surface area contributed by atoms with E-state index in [0.29, 0.717) is 21.2 Å². The van der Waals surface area contributed by atoms with Crippen LogP contribution in [0.15, 0.2) is 42.5 Å². The van der Waals surface area contributed by atoms with Crippen LogP contribution in [0.3, 0.4) is 0 Å². The number of carbonyl (C=O) groups excluding carboxylic acids is 1. The number of ketones is 1. The van der Waals surface area contributed by atoms with Gasteiger partial charge in [-0.25, -0.2) is 4.39 Å². The van der Waals surface area contributed by atoms with Crippen molar-refractivity contribution in [2.24, 2.45) is 0 Å². The number of halogens is 3. The van der Waals surface area contributed by atoms with Crippen molar-refractivity contribution >= 4 is 29.0 Å². The summed E-state index contributed by atoms with van der Waals surface area (Å²) in [4.78, 5) is 11.9. The van der Waals surface area contributed by atoms with Crippen LogP contribution in [0.1, 0.15) is 15.9 Å². The van der Waals surface area contributed by atoms with Crippen LogP contribution >= 0.6 is 23.2 Å². The summed E-state index contributed by atoms with van der Waals surface area (Å²) in [5, 5.41) is 0.795. The number of Topliss-reactive ketones (excluding diaryl/α,β-unsaturated/α-hetero) is 1. The molecule has 0 radical (unpaired) electrons. The van der Waals surface area contributed by atoms with E-state index in [4.69, 9.17) is 23.2 Å². The van der Waals surface area contributed by atoms with Gasteiger partial charge >= 0.3 is 0 Å². The highest BCUT2D eigenvalue weighted by molar-refractivity contribution is 6.31. The molecule has 0 heterocycles. The van der Waals surface area contributed by atoms with E-state index < -0.39 is 5.82 Å². The Bertz CT molecular complexity index is 596. The maximum absolute atomic E-state index is 13.5. The van der Waals surface area contributed by atoms with E-state index in [1.807, 2.05) is 0 Å². The number of benzene rings is 2. The van der Waals surface area contributed by atoms with Crippen molar-refractivity contribution < 1.29 is 9.18 Å². The molecule has 18 heavy (non-hydrogen) atoms. The Morgan fingerprint density at radius 1 is 1.06 bits per heavy atom. The van der Waals surface area contributed by atoms with Gasteiger partial charge in [0.15, 0.2) is 5.78 Å². The van der Waals surface area contributed by atoms with Crippen molar-refractivity contribution in [3.05, 3.63) is 69.5 Å². The SMILES string of the molecule is O=C(Cc1ccc(Cl)cc1F)c1cccc(Cl)c1. The van der Waals surface area contributed by atoms with Crippen LogP contribution in [-0.4, -0.2) is 5.78 Å². The van der Waals surface area contributed by atoms with E-state index >= 15 is 0 Å². The van der Waals surface area contributed by atoms with Crippen LogP contribution < -0.4 is 0 Å². The molecular formula is C14H9Cl2FO. The second kappa shape index (κ2) is 5.51. The quantitative estimate of drug-likeness (QED) is 0.755. The van der Waals surface area contributed by atoms with Crippen molar-refractivity contribution in [3.8, 4) is 0 Å². The summed E-state index contributed by atoms with van der Waals surface area (Å²) in [6, 6.07) is 10.9. The van der Waals surface area contributed by atoms with Crippen LogP contribution in [-0.2, 0) is 6.42 Å². The molecule has 0 bridgehead atoms. The number of hydrogen-bond acceptors (Lipinski definition) is 1.